The third kappa shape index (κ3) is 8.34. The Morgan fingerprint density at radius 3 is 2.53 bits per heavy atom. The van der Waals surface area contributed by atoms with E-state index in [0.717, 1.165) is 12.8 Å². The lowest BCUT2D eigenvalue weighted by Gasteiger charge is -2.05. The smallest absolute Gasteiger partial charge is 0.220 e. The fourth-order valence-corrected chi connectivity index (χ4v) is 1.52. The van der Waals surface area contributed by atoms with Crippen LogP contribution in [0.3, 0.4) is 0 Å². The van der Waals surface area contributed by atoms with E-state index in [2.05, 4.69) is 10.0 Å². The molecule has 15 heavy (non-hydrogen) atoms. The van der Waals surface area contributed by atoms with Crippen LogP contribution in [0.2, 0.25) is 0 Å². The highest BCUT2D eigenvalue weighted by Crippen LogP contribution is 1.92. The fourth-order valence-electron chi connectivity index (χ4n) is 0.945. The van der Waals surface area contributed by atoms with Crippen LogP contribution in [-0.4, -0.2) is 40.2 Å². The lowest BCUT2D eigenvalue weighted by molar-refractivity contribution is -0.121. The van der Waals surface area contributed by atoms with E-state index in [0.29, 0.717) is 13.0 Å². The van der Waals surface area contributed by atoms with Crippen LogP contribution < -0.4 is 15.8 Å². The van der Waals surface area contributed by atoms with Crippen LogP contribution >= 0.6 is 0 Å². The van der Waals surface area contributed by atoms with Crippen molar-refractivity contribution in [1.82, 2.24) is 10.0 Å². The summed E-state index contributed by atoms with van der Waals surface area (Å²) in [5.41, 5.74) is 5.27. The van der Waals surface area contributed by atoms with Crippen molar-refractivity contribution in [3.05, 3.63) is 0 Å². The number of unbranched alkanes of at least 4 members (excludes halogenated alkanes) is 1. The Morgan fingerprint density at radius 1 is 1.33 bits per heavy atom. The monoisotopic (exact) mass is 237 g/mol. The van der Waals surface area contributed by atoms with Gasteiger partial charge in [0.05, 0.1) is 5.75 Å². The average molecular weight is 237 g/mol. The lowest BCUT2D eigenvalue weighted by Crippen LogP contribution is -2.32. The van der Waals surface area contributed by atoms with Crippen LogP contribution in [0.25, 0.3) is 0 Å². The van der Waals surface area contributed by atoms with Crippen LogP contribution in [-0.2, 0) is 14.8 Å². The summed E-state index contributed by atoms with van der Waals surface area (Å²) in [7, 11) is -1.88. The molecule has 90 valence electrons. The minimum atomic E-state index is -3.23. The highest BCUT2D eigenvalue weighted by atomic mass is 32.2. The van der Waals surface area contributed by atoms with Gasteiger partial charge in [0.25, 0.3) is 0 Å². The second kappa shape index (κ2) is 7.61. The molecular weight excluding hydrogens is 218 g/mol. The minimum absolute atomic E-state index is 0.0911. The van der Waals surface area contributed by atoms with E-state index in [1.54, 1.807) is 0 Å². The second-order valence-corrected chi connectivity index (χ2v) is 5.16. The predicted molar refractivity (Wildman–Crippen MR) is 58.8 cm³/mol. The molecule has 0 rings (SSSR count). The van der Waals surface area contributed by atoms with Crippen LogP contribution in [0.15, 0.2) is 0 Å². The number of amides is 1. The number of rotatable bonds is 8. The first-order valence-electron chi connectivity index (χ1n) is 4.90. The van der Waals surface area contributed by atoms with Crippen molar-refractivity contribution >= 4 is 15.9 Å². The zero-order chi connectivity index (χ0) is 11.7. The summed E-state index contributed by atoms with van der Waals surface area (Å²) >= 11 is 0. The fraction of sp³-hybridized carbons (Fsp3) is 0.875. The molecule has 1 amide bonds. The van der Waals surface area contributed by atoms with Gasteiger partial charge in [0.1, 0.15) is 0 Å². The van der Waals surface area contributed by atoms with E-state index >= 15 is 0 Å². The Morgan fingerprint density at radius 2 is 2.00 bits per heavy atom. The van der Waals surface area contributed by atoms with Gasteiger partial charge in [-0.25, -0.2) is 13.1 Å². The Balaban J connectivity index is 3.55. The van der Waals surface area contributed by atoms with Crippen molar-refractivity contribution in [3.63, 3.8) is 0 Å². The first-order chi connectivity index (χ1) is 7.02. The molecule has 0 aromatic carbocycles. The Labute approximate surface area is 90.7 Å². The lowest BCUT2D eigenvalue weighted by atomic mass is 10.2. The molecule has 0 aliphatic heterocycles. The van der Waals surface area contributed by atoms with Gasteiger partial charge in [0.2, 0.25) is 15.9 Å². The van der Waals surface area contributed by atoms with Crippen LogP contribution in [0.1, 0.15) is 19.3 Å². The normalized spacial score (nSPS) is 11.3. The van der Waals surface area contributed by atoms with Crippen LogP contribution in [0.5, 0.6) is 0 Å². The standard InChI is InChI=1S/C8H19N3O3S/c1-10-15(13,14)7-6-11-8(12)4-2-3-5-9/h10H,2-7,9H2,1H3,(H,11,12). The van der Waals surface area contributed by atoms with Gasteiger partial charge in [-0.1, -0.05) is 0 Å². The molecule has 4 N–H and O–H groups in total. The molecule has 0 fully saturated rings. The quantitative estimate of drug-likeness (QED) is 0.461. The highest BCUT2D eigenvalue weighted by molar-refractivity contribution is 7.89. The van der Waals surface area contributed by atoms with Gasteiger partial charge in [-0.15, -0.1) is 0 Å². The molecule has 0 unspecified atom stereocenters. The number of hydrogen-bond acceptors (Lipinski definition) is 4. The van der Waals surface area contributed by atoms with Gasteiger partial charge in [-0.05, 0) is 26.4 Å². The number of nitrogens with one attached hydrogen (secondary N) is 2. The van der Waals surface area contributed by atoms with Gasteiger partial charge in [0, 0.05) is 13.0 Å². The minimum Gasteiger partial charge on any atom is -0.355 e. The summed E-state index contributed by atoms with van der Waals surface area (Å²) in [4.78, 5) is 11.1. The first kappa shape index (κ1) is 14.3. The summed E-state index contributed by atoms with van der Waals surface area (Å²) in [5.74, 6) is -0.221. The number of carbonyl (C=O) groups excluding carboxylic acids is 1. The Hall–Kier alpha value is -0.660. The zero-order valence-corrected chi connectivity index (χ0v) is 9.77. The van der Waals surface area contributed by atoms with E-state index in [1.165, 1.54) is 7.05 Å². The summed E-state index contributed by atoms with van der Waals surface area (Å²) in [6.07, 6.45) is 1.94. The number of sulfonamides is 1. The van der Waals surface area contributed by atoms with Gasteiger partial charge in [0.15, 0.2) is 0 Å². The molecule has 0 saturated heterocycles. The molecule has 0 radical (unpaired) electrons. The van der Waals surface area contributed by atoms with Gasteiger partial charge in [-0.3, -0.25) is 4.79 Å². The van der Waals surface area contributed by atoms with Crippen molar-refractivity contribution in [2.45, 2.75) is 19.3 Å². The van der Waals surface area contributed by atoms with E-state index in [4.69, 9.17) is 5.73 Å². The Bertz CT molecular complexity index is 277. The second-order valence-electron chi connectivity index (χ2n) is 3.12. The molecule has 0 aliphatic rings. The molecule has 0 saturated carbocycles. The van der Waals surface area contributed by atoms with Gasteiger partial charge in [-0.2, -0.15) is 0 Å². The SMILES string of the molecule is CNS(=O)(=O)CCNC(=O)CCCCN. The summed E-state index contributed by atoms with van der Waals surface area (Å²) in [5, 5.41) is 2.53. The van der Waals surface area contributed by atoms with Crippen LogP contribution in [0.4, 0.5) is 0 Å². The molecule has 0 aliphatic carbocycles. The first-order valence-corrected chi connectivity index (χ1v) is 6.55. The Kier molecular flexibility index (Phi) is 7.27. The van der Waals surface area contributed by atoms with Crippen molar-refractivity contribution in [3.8, 4) is 0 Å². The van der Waals surface area contributed by atoms with E-state index in [9.17, 15) is 13.2 Å². The van der Waals surface area contributed by atoms with Crippen molar-refractivity contribution in [1.29, 1.82) is 0 Å². The molecule has 6 nitrogen and oxygen atoms in total. The molecule has 0 spiro atoms. The van der Waals surface area contributed by atoms with Crippen molar-refractivity contribution in [2.75, 3.05) is 25.9 Å². The molecule has 0 atom stereocenters. The maximum atomic E-state index is 11.1. The van der Waals surface area contributed by atoms with Gasteiger partial charge < -0.3 is 11.1 Å². The number of carbonyl (C=O) groups is 1. The van der Waals surface area contributed by atoms with E-state index in [-0.39, 0.29) is 18.2 Å². The summed E-state index contributed by atoms with van der Waals surface area (Å²) in [6.45, 7) is 0.714. The average Bonchev–Trinajstić information content (AvgIpc) is 2.18. The molecule has 0 aromatic rings. The summed E-state index contributed by atoms with van der Waals surface area (Å²) in [6, 6.07) is 0. The van der Waals surface area contributed by atoms with Crippen LogP contribution in [0, 0.1) is 0 Å². The molecule has 7 heteroatoms. The maximum absolute atomic E-state index is 11.1. The molecule has 0 heterocycles. The zero-order valence-electron chi connectivity index (χ0n) is 8.95. The van der Waals surface area contributed by atoms with Gasteiger partial charge >= 0.3 is 0 Å². The van der Waals surface area contributed by atoms with E-state index < -0.39 is 10.0 Å². The number of hydrogen-bond donors (Lipinski definition) is 3. The topological polar surface area (TPSA) is 101 Å². The third-order valence-electron chi connectivity index (χ3n) is 1.86. The van der Waals surface area contributed by atoms with Crippen molar-refractivity contribution < 1.29 is 13.2 Å². The third-order valence-corrected chi connectivity index (χ3v) is 3.23. The molecular formula is C8H19N3O3S. The highest BCUT2D eigenvalue weighted by Gasteiger charge is 2.07. The number of nitrogens with two attached hydrogens (primary N) is 1. The van der Waals surface area contributed by atoms with E-state index in [1.807, 2.05) is 0 Å². The molecule has 0 bridgehead atoms. The predicted octanol–water partition coefficient (Wildman–Crippen LogP) is -1.22. The molecule has 0 aromatic heterocycles. The van der Waals surface area contributed by atoms with Crippen molar-refractivity contribution in [2.24, 2.45) is 5.73 Å². The summed E-state index contributed by atoms with van der Waals surface area (Å²) < 4.78 is 24.1. The largest absolute Gasteiger partial charge is 0.355 e. The maximum Gasteiger partial charge on any atom is 0.220 e.